The van der Waals surface area contributed by atoms with Crippen LogP contribution in [0.2, 0.25) is 0 Å². The van der Waals surface area contributed by atoms with E-state index in [-0.39, 0.29) is 11.2 Å². The van der Waals surface area contributed by atoms with Crippen molar-refractivity contribution in [1.29, 1.82) is 0 Å². The third kappa shape index (κ3) is 1.65. The van der Waals surface area contributed by atoms with Gasteiger partial charge in [0.15, 0.2) is 5.79 Å². The molecule has 1 unspecified atom stereocenters. The van der Waals surface area contributed by atoms with Gasteiger partial charge in [0.1, 0.15) is 0 Å². The summed E-state index contributed by atoms with van der Waals surface area (Å²) in [6.45, 7) is 7.66. The maximum absolute atomic E-state index is 5.71. The van der Waals surface area contributed by atoms with E-state index < -0.39 is 0 Å². The van der Waals surface area contributed by atoms with Gasteiger partial charge in [0, 0.05) is 12.8 Å². The van der Waals surface area contributed by atoms with E-state index in [0.717, 1.165) is 26.1 Å². The van der Waals surface area contributed by atoms with Crippen LogP contribution in [-0.4, -0.2) is 19.0 Å². The Hall–Kier alpha value is -0.340. The first-order chi connectivity index (χ1) is 6.18. The highest BCUT2D eigenvalue weighted by atomic mass is 16.7. The molecular weight excluding hydrogens is 164 g/mol. The Balaban J connectivity index is 2.10. The van der Waals surface area contributed by atoms with Crippen LogP contribution in [0.15, 0.2) is 12.7 Å². The Labute approximate surface area is 79.9 Å². The van der Waals surface area contributed by atoms with Gasteiger partial charge >= 0.3 is 0 Å². The number of ether oxygens (including phenoxy) is 2. The van der Waals surface area contributed by atoms with E-state index >= 15 is 0 Å². The molecule has 13 heavy (non-hydrogen) atoms. The monoisotopic (exact) mass is 182 g/mol. The average molecular weight is 182 g/mol. The van der Waals surface area contributed by atoms with E-state index in [2.05, 4.69) is 19.6 Å². The average Bonchev–Trinajstić information content (AvgIpc) is 2.53. The smallest absolute Gasteiger partial charge is 0.169 e. The van der Waals surface area contributed by atoms with Crippen LogP contribution in [0.4, 0.5) is 0 Å². The largest absolute Gasteiger partial charge is 0.348 e. The topological polar surface area (TPSA) is 18.5 Å². The first-order valence-corrected chi connectivity index (χ1v) is 5.10. The second-order valence-electron chi connectivity index (χ2n) is 4.50. The molecule has 1 aliphatic heterocycles. The molecule has 0 radical (unpaired) electrons. The van der Waals surface area contributed by atoms with E-state index in [1.165, 1.54) is 12.8 Å². The first kappa shape index (κ1) is 9.22. The number of hydrogen-bond acceptors (Lipinski definition) is 2. The van der Waals surface area contributed by atoms with Gasteiger partial charge in [0.2, 0.25) is 0 Å². The summed E-state index contributed by atoms with van der Waals surface area (Å²) < 4.78 is 11.4. The zero-order valence-corrected chi connectivity index (χ0v) is 8.34. The van der Waals surface area contributed by atoms with Gasteiger partial charge in [-0.3, -0.25) is 0 Å². The molecule has 0 amide bonds. The Kier molecular flexibility index (Phi) is 2.20. The second-order valence-corrected chi connectivity index (χ2v) is 4.50. The molecule has 2 rings (SSSR count). The van der Waals surface area contributed by atoms with E-state index in [9.17, 15) is 0 Å². The summed E-state index contributed by atoms with van der Waals surface area (Å²) in [5.74, 6) is -0.263. The molecule has 2 fully saturated rings. The Morgan fingerprint density at radius 3 is 2.54 bits per heavy atom. The molecule has 0 aromatic carbocycles. The minimum atomic E-state index is -0.263. The predicted molar refractivity (Wildman–Crippen MR) is 51.4 cm³/mol. The summed E-state index contributed by atoms with van der Waals surface area (Å²) in [4.78, 5) is 0. The highest BCUT2D eigenvalue weighted by molar-refractivity contribution is 4.99. The number of allylic oxidation sites excluding steroid dienone is 1. The lowest BCUT2D eigenvalue weighted by molar-refractivity contribution is -0.194. The van der Waals surface area contributed by atoms with E-state index in [1.54, 1.807) is 0 Å². The summed E-state index contributed by atoms with van der Waals surface area (Å²) in [7, 11) is 0. The third-order valence-corrected chi connectivity index (χ3v) is 3.29. The van der Waals surface area contributed by atoms with Gasteiger partial charge in [-0.25, -0.2) is 0 Å². The lowest BCUT2D eigenvalue weighted by Gasteiger charge is -2.41. The van der Waals surface area contributed by atoms with E-state index in [1.807, 2.05) is 0 Å². The molecule has 0 aromatic rings. The molecule has 74 valence electrons. The fourth-order valence-electron chi connectivity index (χ4n) is 2.47. The zero-order chi connectivity index (χ0) is 9.36. The van der Waals surface area contributed by atoms with E-state index in [0.29, 0.717) is 0 Å². The highest BCUT2D eigenvalue weighted by Gasteiger charge is 2.44. The van der Waals surface area contributed by atoms with Gasteiger partial charge in [-0.05, 0) is 18.3 Å². The molecule has 1 saturated heterocycles. The quantitative estimate of drug-likeness (QED) is 0.580. The molecule has 0 N–H and O–H groups in total. The summed E-state index contributed by atoms with van der Waals surface area (Å²) >= 11 is 0. The second kappa shape index (κ2) is 3.10. The molecule has 1 atom stereocenters. The molecule has 1 heterocycles. The molecule has 2 nitrogen and oxygen atoms in total. The van der Waals surface area contributed by atoms with Crippen LogP contribution in [0, 0.1) is 5.41 Å². The summed E-state index contributed by atoms with van der Waals surface area (Å²) in [6, 6.07) is 0. The van der Waals surface area contributed by atoms with Gasteiger partial charge in [-0.15, -0.1) is 6.58 Å². The highest BCUT2D eigenvalue weighted by Crippen LogP contribution is 2.45. The fourth-order valence-corrected chi connectivity index (χ4v) is 2.47. The third-order valence-electron chi connectivity index (χ3n) is 3.29. The number of hydrogen-bond donors (Lipinski definition) is 0. The molecule has 0 bridgehead atoms. The molecule has 1 aliphatic carbocycles. The van der Waals surface area contributed by atoms with Crippen molar-refractivity contribution in [3.8, 4) is 0 Å². The lowest BCUT2D eigenvalue weighted by Crippen LogP contribution is -2.40. The number of rotatable bonds is 1. The Morgan fingerprint density at radius 2 is 1.92 bits per heavy atom. The standard InChI is InChI=1S/C11H18O2/c1-3-10(2)5-4-6-11(9-10)12-7-8-13-11/h3H,1,4-9H2,2H3. The van der Waals surface area contributed by atoms with Gasteiger partial charge in [-0.1, -0.05) is 13.0 Å². The molecule has 2 aliphatic rings. The predicted octanol–water partition coefficient (Wildman–Crippen LogP) is 2.50. The summed E-state index contributed by atoms with van der Waals surface area (Å²) in [5.41, 5.74) is 0.211. The zero-order valence-electron chi connectivity index (χ0n) is 8.34. The normalized spacial score (nSPS) is 37.9. The molecule has 1 saturated carbocycles. The van der Waals surface area contributed by atoms with Crippen LogP contribution in [0.3, 0.4) is 0 Å². The maximum atomic E-state index is 5.71. The van der Waals surface area contributed by atoms with Crippen molar-refractivity contribution in [2.45, 2.75) is 38.4 Å². The molecule has 2 heteroatoms. The Bertz CT molecular complexity index is 206. The van der Waals surface area contributed by atoms with Gasteiger partial charge < -0.3 is 9.47 Å². The van der Waals surface area contributed by atoms with Crippen LogP contribution < -0.4 is 0 Å². The SMILES string of the molecule is C=CC1(C)CCCC2(C1)OCCO2. The van der Waals surface area contributed by atoms with Crippen molar-refractivity contribution in [2.24, 2.45) is 5.41 Å². The van der Waals surface area contributed by atoms with Crippen molar-refractivity contribution in [3.05, 3.63) is 12.7 Å². The summed E-state index contributed by atoms with van der Waals surface area (Å²) in [6.07, 6.45) is 6.48. The summed E-state index contributed by atoms with van der Waals surface area (Å²) in [5, 5.41) is 0. The van der Waals surface area contributed by atoms with Crippen molar-refractivity contribution in [1.82, 2.24) is 0 Å². The first-order valence-electron chi connectivity index (χ1n) is 5.10. The fraction of sp³-hybridized carbons (Fsp3) is 0.818. The molecular formula is C11H18O2. The van der Waals surface area contributed by atoms with Crippen LogP contribution in [-0.2, 0) is 9.47 Å². The van der Waals surface area contributed by atoms with E-state index in [4.69, 9.17) is 9.47 Å². The minimum Gasteiger partial charge on any atom is -0.348 e. The lowest BCUT2D eigenvalue weighted by atomic mass is 9.73. The van der Waals surface area contributed by atoms with Crippen LogP contribution >= 0.6 is 0 Å². The van der Waals surface area contributed by atoms with Gasteiger partial charge in [0.05, 0.1) is 13.2 Å². The molecule has 0 aromatic heterocycles. The van der Waals surface area contributed by atoms with Crippen LogP contribution in [0.1, 0.15) is 32.6 Å². The molecule has 1 spiro atoms. The van der Waals surface area contributed by atoms with Crippen molar-refractivity contribution in [2.75, 3.05) is 13.2 Å². The van der Waals surface area contributed by atoms with Crippen LogP contribution in [0.5, 0.6) is 0 Å². The van der Waals surface area contributed by atoms with Gasteiger partial charge in [0.25, 0.3) is 0 Å². The van der Waals surface area contributed by atoms with Crippen molar-refractivity contribution >= 4 is 0 Å². The van der Waals surface area contributed by atoms with Crippen molar-refractivity contribution in [3.63, 3.8) is 0 Å². The minimum absolute atomic E-state index is 0.211. The Morgan fingerprint density at radius 1 is 1.23 bits per heavy atom. The van der Waals surface area contributed by atoms with Crippen LogP contribution in [0.25, 0.3) is 0 Å². The van der Waals surface area contributed by atoms with Gasteiger partial charge in [-0.2, -0.15) is 0 Å². The van der Waals surface area contributed by atoms with Crippen molar-refractivity contribution < 1.29 is 9.47 Å². The maximum Gasteiger partial charge on any atom is 0.169 e.